The van der Waals surface area contributed by atoms with Crippen LogP contribution >= 0.6 is 0 Å². The summed E-state index contributed by atoms with van der Waals surface area (Å²) in [5, 5.41) is 11.0. The summed E-state index contributed by atoms with van der Waals surface area (Å²) in [5.41, 5.74) is 4.35. The molecule has 6 heteroatoms. The van der Waals surface area contributed by atoms with Crippen LogP contribution in [0.5, 0.6) is 5.75 Å². The zero-order chi connectivity index (χ0) is 16.0. The smallest absolute Gasteiger partial charge is 0.251 e. The molecule has 1 aromatic heterocycles. The second-order valence-corrected chi connectivity index (χ2v) is 5.79. The Morgan fingerprint density at radius 3 is 3.04 bits per heavy atom. The minimum absolute atomic E-state index is 0.130. The van der Waals surface area contributed by atoms with E-state index in [-0.39, 0.29) is 11.9 Å². The fraction of sp³-hybridized carbons (Fsp3) is 0.235. The van der Waals surface area contributed by atoms with E-state index in [0.717, 1.165) is 22.4 Å². The minimum atomic E-state index is -0.138. The number of carbonyl (C=O) groups excluding carboxylic acids is 1. The molecule has 0 saturated heterocycles. The Hall–Kier alpha value is -2.89. The number of nitrogens with one attached hydrogen (secondary N) is 1. The quantitative estimate of drug-likeness (QED) is 0.787. The summed E-state index contributed by atoms with van der Waals surface area (Å²) in [7, 11) is 1.82. The fourth-order valence-corrected chi connectivity index (χ4v) is 2.88. The van der Waals surface area contributed by atoms with Gasteiger partial charge in [0.25, 0.3) is 5.91 Å². The summed E-state index contributed by atoms with van der Waals surface area (Å²) in [4.78, 5) is 12.5. The second-order valence-electron chi connectivity index (χ2n) is 5.79. The lowest BCUT2D eigenvalue weighted by atomic mass is 10.1. The third-order valence-electron chi connectivity index (χ3n) is 4.12. The van der Waals surface area contributed by atoms with Crippen molar-refractivity contribution in [3.8, 4) is 5.75 Å². The van der Waals surface area contributed by atoms with Crippen LogP contribution in [0.3, 0.4) is 0 Å². The van der Waals surface area contributed by atoms with Crippen molar-refractivity contribution in [2.45, 2.75) is 13.0 Å². The molecule has 116 valence electrons. The van der Waals surface area contributed by atoms with E-state index in [2.05, 4.69) is 21.7 Å². The average molecular weight is 308 g/mol. The molecule has 2 aromatic carbocycles. The van der Waals surface area contributed by atoms with Gasteiger partial charge in [0, 0.05) is 18.2 Å². The molecule has 6 nitrogen and oxygen atoms in total. The number of amides is 1. The van der Waals surface area contributed by atoms with Gasteiger partial charge in [0.05, 0.1) is 11.6 Å². The van der Waals surface area contributed by atoms with E-state index in [1.54, 1.807) is 16.8 Å². The number of benzene rings is 2. The molecule has 23 heavy (non-hydrogen) atoms. The molecular formula is C17H16N4O2. The molecule has 1 aliphatic rings. The van der Waals surface area contributed by atoms with Gasteiger partial charge in [-0.05, 0) is 31.2 Å². The lowest BCUT2D eigenvalue weighted by Gasteiger charge is -2.12. The van der Waals surface area contributed by atoms with Crippen molar-refractivity contribution in [3.63, 3.8) is 0 Å². The molecular weight excluding hydrogens is 292 g/mol. The summed E-state index contributed by atoms with van der Waals surface area (Å²) in [6, 6.07) is 11.3. The van der Waals surface area contributed by atoms with Crippen LogP contribution in [0.4, 0.5) is 0 Å². The normalized spacial score (nSPS) is 16.2. The Morgan fingerprint density at radius 2 is 2.17 bits per heavy atom. The standard InChI is InChI=1S/C17H16N4O2/c1-10-3-6-16-12(7-10)14(9-23-16)18-17(22)11-4-5-15-13(8-11)19-20-21(15)2/h3-8,14H,9H2,1-2H3,(H,18,22). The van der Waals surface area contributed by atoms with Gasteiger partial charge in [0.1, 0.15) is 17.9 Å². The minimum Gasteiger partial charge on any atom is -0.491 e. The maximum Gasteiger partial charge on any atom is 0.251 e. The summed E-state index contributed by atoms with van der Waals surface area (Å²) in [6.45, 7) is 2.48. The van der Waals surface area contributed by atoms with E-state index in [1.807, 2.05) is 32.2 Å². The Bertz CT molecular complexity index is 916. The van der Waals surface area contributed by atoms with Gasteiger partial charge < -0.3 is 10.1 Å². The average Bonchev–Trinajstić information content (AvgIpc) is 3.11. The molecule has 0 spiro atoms. The highest BCUT2D eigenvalue weighted by atomic mass is 16.5. The van der Waals surface area contributed by atoms with Crippen LogP contribution in [-0.4, -0.2) is 27.5 Å². The number of carbonyl (C=O) groups is 1. The molecule has 1 unspecified atom stereocenters. The van der Waals surface area contributed by atoms with Crippen LogP contribution in [0.2, 0.25) is 0 Å². The molecule has 1 atom stereocenters. The van der Waals surface area contributed by atoms with Crippen LogP contribution in [0.1, 0.15) is 27.5 Å². The summed E-state index contributed by atoms with van der Waals surface area (Å²) in [6.07, 6.45) is 0. The first-order valence-corrected chi connectivity index (χ1v) is 7.45. The number of hydrogen-bond acceptors (Lipinski definition) is 4. The van der Waals surface area contributed by atoms with Crippen LogP contribution < -0.4 is 10.1 Å². The van der Waals surface area contributed by atoms with Crippen molar-refractivity contribution in [2.75, 3.05) is 6.61 Å². The molecule has 0 aliphatic carbocycles. The molecule has 0 fully saturated rings. The predicted octanol–water partition coefficient (Wildman–Crippen LogP) is 2.14. The Balaban J connectivity index is 1.59. The van der Waals surface area contributed by atoms with Crippen LogP contribution in [0.25, 0.3) is 11.0 Å². The molecule has 2 heterocycles. The van der Waals surface area contributed by atoms with Gasteiger partial charge >= 0.3 is 0 Å². The summed E-state index contributed by atoms with van der Waals surface area (Å²) >= 11 is 0. The van der Waals surface area contributed by atoms with E-state index in [0.29, 0.717) is 17.7 Å². The molecule has 1 amide bonds. The highest BCUT2D eigenvalue weighted by Crippen LogP contribution is 2.33. The third kappa shape index (κ3) is 2.32. The van der Waals surface area contributed by atoms with Crippen molar-refractivity contribution >= 4 is 16.9 Å². The second kappa shape index (κ2) is 5.08. The Labute approximate surface area is 133 Å². The maximum atomic E-state index is 12.5. The number of fused-ring (bicyclic) bond motifs is 2. The van der Waals surface area contributed by atoms with Gasteiger partial charge in [-0.25, -0.2) is 4.68 Å². The van der Waals surface area contributed by atoms with Gasteiger partial charge in [-0.2, -0.15) is 0 Å². The van der Waals surface area contributed by atoms with E-state index in [9.17, 15) is 4.79 Å². The molecule has 0 bridgehead atoms. The van der Waals surface area contributed by atoms with Crippen molar-refractivity contribution in [1.82, 2.24) is 20.3 Å². The number of ether oxygens (including phenoxy) is 1. The highest BCUT2D eigenvalue weighted by molar-refractivity contribution is 5.97. The van der Waals surface area contributed by atoms with Gasteiger partial charge in [-0.15, -0.1) is 5.10 Å². The Kier molecular flexibility index (Phi) is 3.04. The van der Waals surface area contributed by atoms with Crippen LogP contribution in [-0.2, 0) is 7.05 Å². The summed E-state index contributed by atoms with van der Waals surface area (Å²) < 4.78 is 7.32. The first-order chi connectivity index (χ1) is 11.1. The lowest BCUT2D eigenvalue weighted by molar-refractivity contribution is 0.0930. The van der Waals surface area contributed by atoms with E-state index < -0.39 is 0 Å². The van der Waals surface area contributed by atoms with Gasteiger partial charge in [-0.1, -0.05) is 22.9 Å². The predicted molar refractivity (Wildman–Crippen MR) is 85.4 cm³/mol. The fourth-order valence-electron chi connectivity index (χ4n) is 2.88. The largest absolute Gasteiger partial charge is 0.491 e. The van der Waals surface area contributed by atoms with E-state index in [4.69, 9.17) is 4.74 Å². The molecule has 4 rings (SSSR count). The first kappa shape index (κ1) is 13.8. The Morgan fingerprint density at radius 1 is 1.30 bits per heavy atom. The zero-order valence-corrected chi connectivity index (χ0v) is 12.9. The lowest BCUT2D eigenvalue weighted by Crippen LogP contribution is -2.29. The number of nitrogens with zero attached hydrogens (tertiary/aromatic N) is 3. The SMILES string of the molecule is Cc1ccc2c(c1)C(NC(=O)c1ccc3c(c1)nnn3C)CO2. The van der Waals surface area contributed by atoms with Gasteiger partial charge in [0.2, 0.25) is 0 Å². The van der Waals surface area contributed by atoms with Crippen molar-refractivity contribution in [3.05, 3.63) is 53.1 Å². The molecule has 1 aliphatic heterocycles. The van der Waals surface area contributed by atoms with Gasteiger partial charge in [-0.3, -0.25) is 4.79 Å². The topological polar surface area (TPSA) is 69.0 Å². The molecule has 3 aromatic rings. The first-order valence-electron chi connectivity index (χ1n) is 7.45. The monoisotopic (exact) mass is 308 g/mol. The van der Waals surface area contributed by atoms with Crippen molar-refractivity contribution in [2.24, 2.45) is 7.05 Å². The molecule has 0 radical (unpaired) electrons. The van der Waals surface area contributed by atoms with Crippen molar-refractivity contribution < 1.29 is 9.53 Å². The number of hydrogen-bond donors (Lipinski definition) is 1. The van der Waals surface area contributed by atoms with Crippen molar-refractivity contribution in [1.29, 1.82) is 0 Å². The number of aryl methyl sites for hydroxylation is 2. The highest BCUT2D eigenvalue weighted by Gasteiger charge is 2.26. The zero-order valence-electron chi connectivity index (χ0n) is 12.9. The van der Waals surface area contributed by atoms with Gasteiger partial charge in [0.15, 0.2) is 0 Å². The maximum absolute atomic E-state index is 12.5. The molecule has 1 N–H and O–H groups in total. The molecule has 0 saturated carbocycles. The number of rotatable bonds is 2. The number of aromatic nitrogens is 3. The van der Waals surface area contributed by atoms with Crippen LogP contribution in [0.15, 0.2) is 36.4 Å². The van der Waals surface area contributed by atoms with E-state index in [1.165, 1.54) is 0 Å². The third-order valence-corrected chi connectivity index (χ3v) is 4.12. The van der Waals surface area contributed by atoms with E-state index >= 15 is 0 Å². The summed E-state index contributed by atoms with van der Waals surface area (Å²) in [5.74, 6) is 0.700. The van der Waals surface area contributed by atoms with Crippen LogP contribution in [0, 0.1) is 6.92 Å².